The third kappa shape index (κ3) is 5.09. The molecule has 2 amide bonds. The maximum atomic E-state index is 13.5. The smallest absolute Gasteiger partial charge is 0.262 e. The third-order valence-corrected chi connectivity index (χ3v) is 11.6. The fourth-order valence-corrected chi connectivity index (χ4v) is 4.93. The topological polar surface area (TPSA) is 55.8 Å². The molecule has 0 saturated carbocycles. The number of ether oxygens (including phenoxy) is 1. The van der Waals surface area contributed by atoms with Gasteiger partial charge in [0.15, 0.2) is 8.32 Å². The van der Waals surface area contributed by atoms with Crippen LogP contribution < -0.4 is 4.74 Å². The first-order valence-corrected chi connectivity index (χ1v) is 14.9. The average Bonchev–Trinajstić information content (AvgIpc) is 3.09. The summed E-state index contributed by atoms with van der Waals surface area (Å²) in [5, 5.41) is -0.0110. The van der Waals surface area contributed by atoms with Crippen LogP contribution in [0.15, 0.2) is 78.9 Å². The Hall–Kier alpha value is -3.22. The Bertz CT molecular complexity index is 1180. The van der Waals surface area contributed by atoms with Gasteiger partial charge in [-0.3, -0.25) is 14.5 Å². The largest absolute Gasteiger partial charge is 0.489 e. The van der Waals surface area contributed by atoms with E-state index >= 15 is 0 Å². The van der Waals surface area contributed by atoms with E-state index in [4.69, 9.17) is 9.16 Å². The molecular formula is C29H33NO4Si. The standard InChI is InChI=1S/C29H33NO4Si/c1-29(2,3)35(4,5)34-20-25(30-27(31)22-15-9-10-16-23(22)28(30)32)24-17-11-12-18-26(24)33-19-21-13-7-6-8-14-21/h6-18,25H,19-20H2,1-5H3. The molecular weight excluding hydrogens is 454 g/mol. The number of benzene rings is 3. The zero-order valence-electron chi connectivity index (χ0n) is 21.1. The Kier molecular flexibility index (Phi) is 6.97. The van der Waals surface area contributed by atoms with Gasteiger partial charge < -0.3 is 9.16 Å². The fraction of sp³-hybridized carbons (Fsp3) is 0.310. The minimum absolute atomic E-state index is 0.0110. The van der Waals surface area contributed by atoms with Crippen LogP contribution in [0.1, 0.15) is 58.7 Å². The van der Waals surface area contributed by atoms with Crippen LogP contribution >= 0.6 is 0 Å². The van der Waals surface area contributed by atoms with E-state index in [1.807, 2.05) is 54.6 Å². The third-order valence-electron chi connectivity index (χ3n) is 7.06. The molecule has 3 aromatic carbocycles. The first-order valence-electron chi connectivity index (χ1n) is 12.0. The summed E-state index contributed by atoms with van der Waals surface area (Å²) in [6.07, 6.45) is 0. The second kappa shape index (κ2) is 9.80. The molecule has 0 bridgehead atoms. The quantitative estimate of drug-likeness (QED) is 0.264. The van der Waals surface area contributed by atoms with Gasteiger partial charge in [0.25, 0.3) is 11.8 Å². The lowest BCUT2D eigenvalue weighted by Gasteiger charge is -2.38. The first kappa shape index (κ1) is 24.9. The molecule has 6 heteroatoms. The number of hydrogen-bond acceptors (Lipinski definition) is 4. The second-order valence-electron chi connectivity index (χ2n) is 10.4. The lowest BCUT2D eigenvalue weighted by molar-refractivity contribution is 0.0517. The lowest BCUT2D eigenvalue weighted by Crippen LogP contribution is -2.44. The van der Waals surface area contributed by atoms with Crippen molar-refractivity contribution in [2.75, 3.05) is 6.61 Å². The van der Waals surface area contributed by atoms with Crippen LogP contribution in [-0.2, 0) is 11.0 Å². The average molecular weight is 488 g/mol. The molecule has 0 radical (unpaired) electrons. The van der Waals surface area contributed by atoms with E-state index in [0.717, 1.165) is 11.1 Å². The normalized spacial score (nSPS) is 14.7. The zero-order chi connectivity index (χ0) is 25.2. The van der Waals surface area contributed by atoms with E-state index in [-0.39, 0.29) is 23.5 Å². The highest BCUT2D eigenvalue weighted by Gasteiger charge is 2.44. The molecule has 182 valence electrons. The van der Waals surface area contributed by atoms with E-state index < -0.39 is 14.4 Å². The summed E-state index contributed by atoms with van der Waals surface area (Å²) in [5.74, 6) is 0.0383. The summed E-state index contributed by atoms with van der Waals surface area (Å²) in [4.78, 5) is 28.3. The predicted octanol–water partition coefficient (Wildman–Crippen LogP) is 6.62. The Morgan fingerprint density at radius 1 is 0.800 bits per heavy atom. The number of amides is 2. The highest BCUT2D eigenvalue weighted by Crippen LogP contribution is 2.40. The van der Waals surface area contributed by atoms with E-state index in [1.165, 1.54) is 4.90 Å². The summed E-state index contributed by atoms with van der Waals surface area (Å²) in [6.45, 7) is 11.5. The molecule has 1 heterocycles. The van der Waals surface area contributed by atoms with Gasteiger partial charge in [-0.1, -0.05) is 81.4 Å². The van der Waals surface area contributed by atoms with Crippen LogP contribution in [0.4, 0.5) is 0 Å². The number of carbonyl (C=O) groups is 2. The van der Waals surface area contributed by atoms with Crippen molar-refractivity contribution in [3.63, 3.8) is 0 Å². The SMILES string of the molecule is CC(C)(C)[Si](C)(C)OCC(c1ccccc1OCc1ccccc1)N1C(=O)c2ccccc2C1=O. The second-order valence-corrected chi connectivity index (χ2v) is 15.2. The number of para-hydroxylation sites is 1. The van der Waals surface area contributed by atoms with Gasteiger partial charge in [0.2, 0.25) is 0 Å². The van der Waals surface area contributed by atoms with Gasteiger partial charge in [0.05, 0.1) is 23.8 Å². The van der Waals surface area contributed by atoms with Crippen LogP contribution in [0.2, 0.25) is 18.1 Å². The molecule has 0 N–H and O–H groups in total. The van der Waals surface area contributed by atoms with Crippen molar-refractivity contribution in [2.24, 2.45) is 0 Å². The molecule has 5 nitrogen and oxygen atoms in total. The number of carbonyl (C=O) groups excluding carboxylic acids is 2. The minimum Gasteiger partial charge on any atom is -0.489 e. The molecule has 0 aliphatic carbocycles. The first-order chi connectivity index (χ1) is 16.6. The van der Waals surface area contributed by atoms with Crippen LogP contribution in [0.5, 0.6) is 5.75 Å². The van der Waals surface area contributed by atoms with Crippen LogP contribution in [-0.4, -0.2) is 31.6 Å². The Balaban J connectivity index is 1.70. The highest BCUT2D eigenvalue weighted by atomic mass is 28.4. The Morgan fingerprint density at radius 3 is 1.94 bits per heavy atom. The lowest BCUT2D eigenvalue weighted by atomic mass is 10.0. The maximum absolute atomic E-state index is 13.5. The molecule has 0 aromatic heterocycles. The van der Waals surface area contributed by atoms with Crippen LogP contribution in [0.3, 0.4) is 0 Å². The zero-order valence-corrected chi connectivity index (χ0v) is 22.1. The monoisotopic (exact) mass is 487 g/mol. The summed E-state index contributed by atoms with van der Waals surface area (Å²) in [7, 11) is -2.15. The summed E-state index contributed by atoms with van der Waals surface area (Å²) in [6, 6.07) is 23.9. The van der Waals surface area contributed by atoms with Crippen molar-refractivity contribution < 1.29 is 18.8 Å². The van der Waals surface area contributed by atoms with Crippen molar-refractivity contribution >= 4 is 20.1 Å². The summed E-state index contributed by atoms with van der Waals surface area (Å²) < 4.78 is 12.8. The fourth-order valence-electron chi connectivity index (χ4n) is 3.92. The van der Waals surface area contributed by atoms with Crippen molar-refractivity contribution in [1.29, 1.82) is 0 Å². The molecule has 1 aliphatic heterocycles. The van der Waals surface area contributed by atoms with Gasteiger partial charge in [0, 0.05) is 5.56 Å². The van der Waals surface area contributed by atoms with E-state index in [9.17, 15) is 9.59 Å². The molecule has 4 rings (SSSR count). The summed E-state index contributed by atoms with van der Waals surface area (Å²) in [5.41, 5.74) is 2.66. The molecule has 1 atom stereocenters. The van der Waals surface area contributed by atoms with Gasteiger partial charge in [-0.25, -0.2) is 0 Å². The van der Waals surface area contributed by atoms with E-state index in [2.05, 4.69) is 33.9 Å². The molecule has 0 fully saturated rings. The molecule has 0 saturated heterocycles. The number of nitrogens with zero attached hydrogens (tertiary/aromatic N) is 1. The minimum atomic E-state index is -2.15. The summed E-state index contributed by atoms with van der Waals surface area (Å²) >= 11 is 0. The van der Waals surface area contributed by atoms with Crippen molar-refractivity contribution in [3.05, 3.63) is 101 Å². The van der Waals surface area contributed by atoms with Gasteiger partial charge in [-0.05, 0) is 41.9 Å². The number of imide groups is 1. The van der Waals surface area contributed by atoms with Gasteiger partial charge in [0.1, 0.15) is 12.4 Å². The van der Waals surface area contributed by atoms with E-state index in [0.29, 0.717) is 23.5 Å². The van der Waals surface area contributed by atoms with Crippen molar-refractivity contribution in [1.82, 2.24) is 4.90 Å². The van der Waals surface area contributed by atoms with Gasteiger partial charge in [-0.15, -0.1) is 0 Å². The molecule has 0 spiro atoms. The number of rotatable bonds is 8. The Morgan fingerprint density at radius 2 is 1.34 bits per heavy atom. The van der Waals surface area contributed by atoms with Gasteiger partial charge >= 0.3 is 0 Å². The van der Waals surface area contributed by atoms with Gasteiger partial charge in [-0.2, -0.15) is 0 Å². The molecule has 1 unspecified atom stereocenters. The predicted molar refractivity (Wildman–Crippen MR) is 140 cm³/mol. The Labute approximate surface area is 208 Å². The molecule has 3 aromatic rings. The molecule has 1 aliphatic rings. The van der Waals surface area contributed by atoms with E-state index in [1.54, 1.807) is 24.3 Å². The maximum Gasteiger partial charge on any atom is 0.262 e. The highest BCUT2D eigenvalue weighted by molar-refractivity contribution is 6.74. The van der Waals surface area contributed by atoms with Crippen LogP contribution in [0, 0.1) is 0 Å². The van der Waals surface area contributed by atoms with Crippen molar-refractivity contribution in [2.45, 2.75) is 51.6 Å². The molecule has 35 heavy (non-hydrogen) atoms. The number of hydrogen-bond donors (Lipinski definition) is 0. The van der Waals surface area contributed by atoms with Crippen molar-refractivity contribution in [3.8, 4) is 5.75 Å². The van der Waals surface area contributed by atoms with Crippen LogP contribution in [0.25, 0.3) is 0 Å². The number of fused-ring (bicyclic) bond motifs is 1.